The van der Waals surface area contributed by atoms with E-state index in [9.17, 15) is 4.79 Å². The monoisotopic (exact) mass is 399 g/mol. The van der Waals surface area contributed by atoms with Crippen LogP contribution in [-0.2, 0) is 14.0 Å². The van der Waals surface area contributed by atoms with Crippen molar-refractivity contribution in [1.82, 2.24) is 14.7 Å². The average Bonchev–Trinajstić information content (AvgIpc) is 3.01. The number of nitrogens with zero attached hydrogens (tertiary/aromatic N) is 3. The molecule has 1 amide bonds. The third-order valence-corrected chi connectivity index (χ3v) is 6.00. The quantitative estimate of drug-likeness (QED) is 0.726. The molecule has 0 atom stereocenters. The van der Waals surface area contributed by atoms with Gasteiger partial charge in [-0.2, -0.15) is 5.10 Å². The van der Waals surface area contributed by atoms with Gasteiger partial charge >= 0.3 is 13.2 Å². The molecule has 2 aliphatic rings. The van der Waals surface area contributed by atoms with Crippen LogP contribution in [0.15, 0.2) is 24.4 Å². The Hall–Kier alpha value is -2.06. The first-order valence-electron chi connectivity index (χ1n) is 10.2. The van der Waals surface area contributed by atoms with Gasteiger partial charge in [0.25, 0.3) is 0 Å². The predicted octanol–water partition coefficient (Wildman–Crippen LogP) is 3.13. The van der Waals surface area contributed by atoms with Crippen molar-refractivity contribution in [3.05, 3.63) is 24.4 Å². The third-order valence-electron chi connectivity index (χ3n) is 6.00. The van der Waals surface area contributed by atoms with Crippen molar-refractivity contribution >= 4 is 29.6 Å². The van der Waals surface area contributed by atoms with Crippen LogP contribution in [0, 0.1) is 0 Å². The summed E-state index contributed by atoms with van der Waals surface area (Å²) in [6.45, 7) is 15.0. The van der Waals surface area contributed by atoms with Gasteiger partial charge < -0.3 is 18.9 Å². The van der Waals surface area contributed by atoms with Crippen LogP contribution >= 0.6 is 0 Å². The standard InChI is InChI=1S/C21H30BN3O4/c1-19(2,3)27-18(26)24-11-14(12-24)25-13-15-16(9-8-10-17(15)23-25)22-28-20(4,5)21(6,7)29-22/h8-10,13-14H,11-12H2,1-7H3. The number of ether oxygens (including phenoxy) is 1. The average molecular weight is 399 g/mol. The maximum absolute atomic E-state index is 12.2. The predicted molar refractivity (Wildman–Crippen MR) is 112 cm³/mol. The van der Waals surface area contributed by atoms with Crippen molar-refractivity contribution in [3.63, 3.8) is 0 Å². The van der Waals surface area contributed by atoms with Crippen LogP contribution in [0.4, 0.5) is 4.79 Å². The Morgan fingerprint density at radius 1 is 1.17 bits per heavy atom. The van der Waals surface area contributed by atoms with Gasteiger partial charge in [0.1, 0.15) is 5.60 Å². The molecular weight excluding hydrogens is 369 g/mol. The number of carbonyl (C=O) groups is 1. The van der Waals surface area contributed by atoms with Gasteiger partial charge in [-0.05, 0) is 60.0 Å². The first-order valence-corrected chi connectivity index (χ1v) is 10.2. The summed E-state index contributed by atoms with van der Waals surface area (Å²) in [5.74, 6) is 0. The number of aromatic nitrogens is 2. The van der Waals surface area contributed by atoms with E-state index in [-0.39, 0.29) is 12.1 Å². The number of carbonyl (C=O) groups excluding carboxylic acids is 1. The zero-order chi connectivity index (χ0) is 21.2. The van der Waals surface area contributed by atoms with Gasteiger partial charge in [-0.25, -0.2) is 4.79 Å². The molecule has 3 heterocycles. The van der Waals surface area contributed by atoms with Gasteiger partial charge in [-0.15, -0.1) is 0 Å². The molecule has 2 fully saturated rings. The van der Waals surface area contributed by atoms with Gasteiger partial charge in [0.15, 0.2) is 0 Å². The highest BCUT2D eigenvalue weighted by atomic mass is 16.7. The lowest BCUT2D eigenvalue weighted by Crippen LogP contribution is -2.52. The summed E-state index contributed by atoms with van der Waals surface area (Å²) in [5.41, 5.74) is 0.610. The second-order valence-electron chi connectivity index (χ2n) is 10.0. The van der Waals surface area contributed by atoms with Crippen molar-refractivity contribution in [1.29, 1.82) is 0 Å². The normalized spacial score (nSPS) is 21.5. The van der Waals surface area contributed by atoms with E-state index < -0.39 is 23.9 Å². The number of hydrogen-bond acceptors (Lipinski definition) is 5. The minimum absolute atomic E-state index is 0.140. The highest BCUT2D eigenvalue weighted by Crippen LogP contribution is 2.37. The Balaban J connectivity index is 1.52. The number of rotatable bonds is 2. The lowest BCUT2D eigenvalue weighted by molar-refractivity contribution is -0.000295. The van der Waals surface area contributed by atoms with E-state index >= 15 is 0 Å². The molecule has 156 valence electrons. The van der Waals surface area contributed by atoms with Crippen LogP contribution in [0.3, 0.4) is 0 Å². The fraction of sp³-hybridized carbons (Fsp3) is 0.619. The molecule has 0 saturated carbocycles. The molecule has 2 saturated heterocycles. The maximum atomic E-state index is 12.2. The van der Waals surface area contributed by atoms with E-state index in [1.54, 1.807) is 4.90 Å². The van der Waals surface area contributed by atoms with E-state index in [1.807, 2.05) is 49.8 Å². The summed E-state index contributed by atoms with van der Waals surface area (Å²) in [6.07, 6.45) is 1.76. The molecule has 4 rings (SSSR count). The summed E-state index contributed by atoms with van der Waals surface area (Å²) in [7, 11) is -0.430. The molecule has 0 spiro atoms. The minimum Gasteiger partial charge on any atom is -0.444 e. The summed E-state index contributed by atoms with van der Waals surface area (Å²) in [6, 6.07) is 6.14. The molecule has 2 aliphatic heterocycles. The number of likely N-dealkylation sites (tertiary alicyclic amines) is 1. The zero-order valence-electron chi connectivity index (χ0n) is 18.4. The van der Waals surface area contributed by atoms with Gasteiger partial charge in [0.05, 0.1) is 22.8 Å². The number of hydrogen-bond donors (Lipinski definition) is 0. The van der Waals surface area contributed by atoms with Crippen LogP contribution in [0.2, 0.25) is 0 Å². The molecule has 0 N–H and O–H groups in total. The molecular formula is C21H30BN3O4. The number of benzene rings is 1. The summed E-state index contributed by atoms with van der Waals surface area (Å²) >= 11 is 0. The molecule has 0 unspecified atom stereocenters. The Morgan fingerprint density at radius 3 is 2.38 bits per heavy atom. The maximum Gasteiger partial charge on any atom is 0.495 e. The van der Waals surface area contributed by atoms with Crippen molar-refractivity contribution in [3.8, 4) is 0 Å². The SMILES string of the molecule is CC(C)(C)OC(=O)N1CC(n2cc3c(B4OC(C)(C)C(C)(C)O4)cccc3n2)C1. The van der Waals surface area contributed by atoms with Gasteiger partial charge in [0.2, 0.25) is 0 Å². The van der Waals surface area contributed by atoms with E-state index in [0.717, 1.165) is 16.4 Å². The summed E-state index contributed by atoms with van der Waals surface area (Å²) in [5, 5.41) is 5.75. The molecule has 0 bridgehead atoms. The Morgan fingerprint density at radius 2 is 1.79 bits per heavy atom. The topological polar surface area (TPSA) is 65.8 Å². The van der Waals surface area contributed by atoms with Crippen LogP contribution in [-0.4, -0.2) is 57.8 Å². The highest BCUT2D eigenvalue weighted by Gasteiger charge is 2.52. The van der Waals surface area contributed by atoms with Gasteiger partial charge in [-0.3, -0.25) is 4.68 Å². The fourth-order valence-corrected chi connectivity index (χ4v) is 3.54. The summed E-state index contributed by atoms with van der Waals surface area (Å²) in [4.78, 5) is 13.9. The van der Waals surface area contributed by atoms with E-state index in [4.69, 9.17) is 19.1 Å². The van der Waals surface area contributed by atoms with Crippen LogP contribution in [0.5, 0.6) is 0 Å². The third kappa shape index (κ3) is 3.64. The van der Waals surface area contributed by atoms with E-state index in [1.165, 1.54) is 0 Å². The lowest BCUT2D eigenvalue weighted by Gasteiger charge is -2.39. The van der Waals surface area contributed by atoms with E-state index in [2.05, 4.69) is 27.7 Å². The Labute approximate surface area is 172 Å². The van der Waals surface area contributed by atoms with Gasteiger partial charge in [-0.1, -0.05) is 12.1 Å². The Kier molecular flexibility index (Phi) is 4.51. The largest absolute Gasteiger partial charge is 0.495 e. The van der Waals surface area contributed by atoms with Crippen molar-refractivity contribution in [2.24, 2.45) is 0 Å². The lowest BCUT2D eigenvalue weighted by atomic mass is 9.77. The zero-order valence-corrected chi connectivity index (χ0v) is 18.4. The van der Waals surface area contributed by atoms with Crippen molar-refractivity contribution < 1.29 is 18.8 Å². The molecule has 2 aromatic rings. The first-order chi connectivity index (χ1) is 13.4. The second-order valence-corrected chi connectivity index (χ2v) is 10.0. The molecule has 1 aromatic carbocycles. The first kappa shape index (κ1) is 20.2. The fourth-order valence-electron chi connectivity index (χ4n) is 3.54. The second kappa shape index (κ2) is 6.47. The van der Waals surface area contributed by atoms with Crippen LogP contribution < -0.4 is 5.46 Å². The minimum atomic E-state index is -0.486. The van der Waals surface area contributed by atoms with Gasteiger partial charge in [0, 0.05) is 24.7 Å². The number of amides is 1. The Bertz CT molecular complexity index is 925. The highest BCUT2D eigenvalue weighted by molar-refractivity contribution is 6.65. The smallest absolute Gasteiger partial charge is 0.444 e. The van der Waals surface area contributed by atoms with E-state index in [0.29, 0.717) is 13.1 Å². The molecule has 29 heavy (non-hydrogen) atoms. The molecule has 0 radical (unpaired) electrons. The molecule has 8 heteroatoms. The van der Waals surface area contributed by atoms with Crippen molar-refractivity contribution in [2.45, 2.75) is 71.3 Å². The van der Waals surface area contributed by atoms with Crippen LogP contribution in [0.1, 0.15) is 54.5 Å². The molecule has 7 nitrogen and oxygen atoms in total. The molecule has 0 aliphatic carbocycles. The van der Waals surface area contributed by atoms with Crippen LogP contribution in [0.25, 0.3) is 10.9 Å². The summed E-state index contributed by atoms with van der Waals surface area (Å²) < 4.78 is 19.8. The molecule has 1 aromatic heterocycles. The van der Waals surface area contributed by atoms with Crippen molar-refractivity contribution in [2.75, 3.05) is 13.1 Å². The number of fused-ring (bicyclic) bond motifs is 1.